The third-order valence-electron chi connectivity index (χ3n) is 0.938. The van der Waals surface area contributed by atoms with E-state index in [0.717, 1.165) is 12.0 Å². The number of aldehydes is 1. The molecule has 0 aliphatic rings. The maximum atomic E-state index is 9.86. The molecule has 0 aliphatic heterocycles. The fourth-order valence-electron chi connectivity index (χ4n) is 0.448. The van der Waals surface area contributed by atoms with Crippen molar-refractivity contribution in [2.24, 2.45) is 4.99 Å². The molecule has 0 unspecified atom stereocenters. The molecular formula is C7H12N2O. The Morgan fingerprint density at radius 1 is 1.70 bits per heavy atom. The van der Waals surface area contributed by atoms with Gasteiger partial charge in [-0.3, -0.25) is 4.99 Å². The van der Waals surface area contributed by atoms with Gasteiger partial charge in [-0.1, -0.05) is 0 Å². The summed E-state index contributed by atoms with van der Waals surface area (Å²) in [7, 11) is 1.70. The van der Waals surface area contributed by atoms with Gasteiger partial charge in [0.25, 0.3) is 0 Å². The van der Waals surface area contributed by atoms with Gasteiger partial charge in [0.05, 0.1) is 6.54 Å². The molecule has 0 radical (unpaired) electrons. The van der Waals surface area contributed by atoms with E-state index >= 15 is 0 Å². The zero-order chi connectivity index (χ0) is 7.82. The fourth-order valence-corrected chi connectivity index (χ4v) is 0.448. The largest absolute Gasteiger partial charge is 0.382 e. The number of hydrogen-bond acceptors (Lipinski definition) is 3. The minimum atomic E-state index is 0.361. The third-order valence-corrected chi connectivity index (χ3v) is 0.938. The molecule has 0 heterocycles. The maximum Gasteiger partial charge on any atom is 0.139 e. The molecule has 0 aliphatic carbocycles. The SMILES string of the molecule is CN=C/C=C(/C)NCC=O. The van der Waals surface area contributed by atoms with Crippen LogP contribution in [0.25, 0.3) is 0 Å². The van der Waals surface area contributed by atoms with Crippen molar-refractivity contribution in [3.8, 4) is 0 Å². The van der Waals surface area contributed by atoms with E-state index in [4.69, 9.17) is 0 Å². The molecule has 10 heavy (non-hydrogen) atoms. The smallest absolute Gasteiger partial charge is 0.139 e. The Labute approximate surface area is 60.8 Å². The van der Waals surface area contributed by atoms with Crippen LogP contribution < -0.4 is 5.32 Å². The summed E-state index contributed by atoms with van der Waals surface area (Å²) in [6.45, 7) is 2.24. The van der Waals surface area contributed by atoms with E-state index in [0.29, 0.717) is 6.54 Å². The highest BCUT2D eigenvalue weighted by molar-refractivity contribution is 5.71. The van der Waals surface area contributed by atoms with Gasteiger partial charge in [0, 0.05) is 19.0 Å². The molecule has 0 amide bonds. The zero-order valence-corrected chi connectivity index (χ0v) is 6.29. The monoisotopic (exact) mass is 140 g/mol. The van der Waals surface area contributed by atoms with E-state index in [1.807, 2.05) is 13.0 Å². The lowest BCUT2D eigenvalue weighted by molar-refractivity contribution is -0.107. The van der Waals surface area contributed by atoms with Crippen LogP contribution in [-0.2, 0) is 4.79 Å². The Morgan fingerprint density at radius 2 is 2.40 bits per heavy atom. The Bertz CT molecular complexity index is 150. The molecule has 0 saturated heterocycles. The Morgan fingerprint density at radius 3 is 2.90 bits per heavy atom. The van der Waals surface area contributed by atoms with Crippen LogP contribution in [0.1, 0.15) is 6.92 Å². The van der Waals surface area contributed by atoms with E-state index in [1.54, 1.807) is 13.3 Å². The number of rotatable bonds is 4. The average Bonchev–Trinajstić information content (AvgIpc) is 1.97. The number of hydrogen-bond donors (Lipinski definition) is 1. The molecule has 56 valence electrons. The van der Waals surface area contributed by atoms with Crippen molar-refractivity contribution in [2.45, 2.75) is 6.92 Å². The van der Waals surface area contributed by atoms with Crippen molar-refractivity contribution in [1.82, 2.24) is 5.32 Å². The first kappa shape index (κ1) is 8.88. The first-order valence-electron chi connectivity index (χ1n) is 3.07. The van der Waals surface area contributed by atoms with E-state index in [2.05, 4.69) is 10.3 Å². The molecule has 0 saturated carbocycles. The first-order chi connectivity index (χ1) is 4.81. The summed E-state index contributed by atoms with van der Waals surface area (Å²) in [5, 5.41) is 2.87. The Balaban J connectivity index is 3.59. The van der Waals surface area contributed by atoms with E-state index in [1.165, 1.54) is 0 Å². The molecule has 0 aromatic rings. The predicted molar refractivity (Wildman–Crippen MR) is 42.2 cm³/mol. The van der Waals surface area contributed by atoms with Gasteiger partial charge in [-0.15, -0.1) is 0 Å². The van der Waals surface area contributed by atoms with Gasteiger partial charge in [-0.2, -0.15) is 0 Å². The molecule has 0 atom stereocenters. The lowest BCUT2D eigenvalue weighted by Gasteiger charge is -1.97. The van der Waals surface area contributed by atoms with Crippen LogP contribution in [0.2, 0.25) is 0 Å². The van der Waals surface area contributed by atoms with Crippen molar-refractivity contribution in [1.29, 1.82) is 0 Å². The van der Waals surface area contributed by atoms with Crippen molar-refractivity contribution in [2.75, 3.05) is 13.6 Å². The van der Waals surface area contributed by atoms with Gasteiger partial charge in [0.2, 0.25) is 0 Å². The molecule has 1 N–H and O–H groups in total. The molecule has 0 bridgehead atoms. The number of aliphatic imine (C=N–C) groups is 1. The van der Waals surface area contributed by atoms with Crippen LogP contribution in [-0.4, -0.2) is 26.1 Å². The topological polar surface area (TPSA) is 41.5 Å². The molecular weight excluding hydrogens is 128 g/mol. The first-order valence-corrected chi connectivity index (χ1v) is 3.07. The Kier molecular flexibility index (Phi) is 5.33. The summed E-state index contributed by atoms with van der Waals surface area (Å²) < 4.78 is 0. The van der Waals surface area contributed by atoms with Gasteiger partial charge >= 0.3 is 0 Å². The van der Waals surface area contributed by atoms with Gasteiger partial charge in [0.1, 0.15) is 6.29 Å². The third kappa shape index (κ3) is 5.03. The molecule has 0 fully saturated rings. The molecule has 3 nitrogen and oxygen atoms in total. The summed E-state index contributed by atoms with van der Waals surface area (Å²) in [4.78, 5) is 13.6. The van der Waals surface area contributed by atoms with Crippen LogP contribution in [0.15, 0.2) is 16.8 Å². The average molecular weight is 140 g/mol. The van der Waals surface area contributed by atoms with Crippen LogP contribution in [0, 0.1) is 0 Å². The number of nitrogens with one attached hydrogen (secondary N) is 1. The second-order valence-corrected chi connectivity index (χ2v) is 1.80. The standard InChI is InChI=1S/C7H12N2O/c1-7(3-4-8-2)9-5-6-10/h3-4,6,9H,5H2,1-2H3/b7-3-,8-4?. The highest BCUT2D eigenvalue weighted by Gasteiger charge is 1.81. The molecule has 0 rings (SSSR count). The van der Waals surface area contributed by atoms with Crippen molar-refractivity contribution in [3.05, 3.63) is 11.8 Å². The maximum absolute atomic E-state index is 9.86. The number of carbonyl (C=O) groups excluding carboxylic acids is 1. The lowest BCUT2D eigenvalue weighted by Crippen LogP contribution is -2.13. The van der Waals surface area contributed by atoms with Gasteiger partial charge in [-0.05, 0) is 13.0 Å². The van der Waals surface area contributed by atoms with Crippen molar-refractivity contribution >= 4 is 12.5 Å². The van der Waals surface area contributed by atoms with E-state index in [9.17, 15) is 4.79 Å². The minimum Gasteiger partial charge on any atom is -0.382 e. The quantitative estimate of drug-likeness (QED) is 0.453. The fraction of sp³-hybridized carbons (Fsp3) is 0.429. The van der Waals surface area contributed by atoms with Crippen molar-refractivity contribution < 1.29 is 4.79 Å². The molecule has 0 aromatic heterocycles. The van der Waals surface area contributed by atoms with Gasteiger partial charge in [-0.25, -0.2) is 0 Å². The number of allylic oxidation sites excluding steroid dienone is 2. The Hall–Kier alpha value is -1.12. The number of nitrogens with zero attached hydrogens (tertiary/aromatic N) is 1. The van der Waals surface area contributed by atoms with E-state index in [-0.39, 0.29) is 0 Å². The van der Waals surface area contributed by atoms with Crippen LogP contribution in [0.3, 0.4) is 0 Å². The van der Waals surface area contributed by atoms with Crippen LogP contribution >= 0.6 is 0 Å². The van der Waals surface area contributed by atoms with Crippen LogP contribution in [0.4, 0.5) is 0 Å². The molecule has 3 heteroatoms. The summed E-state index contributed by atoms with van der Waals surface area (Å²) >= 11 is 0. The number of carbonyl (C=O) groups is 1. The zero-order valence-electron chi connectivity index (χ0n) is 6.29. The normalized spacial score (nSPS) is 12.0. The van der Waals surface area contributed by atoms with Gasteiger partial charge in [0.15, 0.2) is 0 Å². The highest BCUT2D eigenvalue weighted by Crippen LogP contribution is 1.80. The van der Waals surface area contributed by atoms with Crippen molar-refractivity contribution in [3.63, 3.8) is 0 Å². The summed E-state index contributed by atoms with van der Waals surface area (Å²) in [5.74, 6) is 0. The van der Waals surface area contributed by atoms with Crippen LogP contribution in [0.5, 0.6) is 0 Å². The molecule has 0 spiro atoms. The molecule has 0 aromatic carbocycles. The second kappa shape index (κ2) is 6.01. The summed E-state index contributed by atoms with van der Waals surface area (Å²) in [6.07, 6.45) is 4.30. The summed E-state index contributed by atoms with van der Waals surface area (Å²) in [5.41, 5.74) is 0.942. The van der Waals surface area contributed by atoms with E-state index < -0.39 is 0 Å². The lowest BCUT2D eigenvalue weighted by atomic mass is 10.4. The predicted octanol–water partition coefficient (Wildman–Crippen LogP) is 0.379. The van der Waals surface area contributed by atoms with Gasteiger partial charge < -0.3 is 10.1 Å². The second-order valence-electron chi connectivity index (χ2n) is 1.80. The minimum absolute atomic E-state index is 0.361. The highest BCUT2D eigenvalue weighted by atomic mass is 16.1. The summed E-state index contributed by atoms with van der Waals surface area (Å²) in [6, 6.07) is 0.